The summed E-state index contributed by atoms with van der Waals surface area (Å²) in [7, 11) is 0. The van der Waals surface area contributed by atoms with Crippen molar-refractivity contribution in [2.75, 3.05) is 4.90 Å². The maximum atomic E-state index is 12.9. The van der Waals surface area contributed by atoms with Crippen LogP contribution in [0.15, 0.2) is 120 Å². The van der Waals surface area contributed by atoms with Crippen molar-refractivity contribution in [2.24, 2.45) is 0 Å². The standard InChI is InChI=1S/C28H16N2O3S/c31-28-19(27-29-20-7-1-4-10-23(20)32-27)15-17-13-14-18(16-24(17)33-28)30-21-8-2-5-11-25(21)34-26-12-6-3-9-22(26)30/h1-16H. The molecule has 3 heterocycles. The lowest BCUT2D eigenvalue weighted by Gasteiger charge is -2.32. The third-order valence-electron chi connectivity index (χ3n) is 5.93. The third-order valence-corrected chi connectivity index (χ3v) is 7.06. The number of benzene rings is 4. The average Bonchev–Trinajstić information content (AvgIpc) is 3.30. The van der Waals surface area contributed by atoms with Gasteiger partial charge in [0.05, 0.1) is 11.4 Å². The van der Waals surface area contributed by atoms with Crippen LogP contribution >= 0.6 is 11.8 Å². The van der Waals surface area contributed by atoms with Crippen LogP contribution in [-0.2, 0) is 0 Å². The molecule has 1 aliphatic heterocycles. The van der Waals surface area contributed by atoms with Gasteiger partial charge in [-0.1, -0.05) is 48.2 Å². The first-order valence-corrected chi connectivity index (χ1v) is 11.7. The molecule has 0 N–H and O–H groups in total. The van der Waals surface area contributed by atoms with E-state index in [0.29, 0.717) is 22.2 Å². The number of nitrogens with zero attached hydrogens (tertiary/aromatic N) is 2. The highest BCUT2D eigenvalue weighted by Crippen LogP contribution is 2.51. The molecule has 0 amide bonds. The summed E-state index contributed by atoms with van der Waals surface area (Å²) in [4.78, 5) is 21.9. The molecule has 4 aromatic carbocycles. The quantitative estimate of drug-likeness (QED) is 0.248. The van der Waals surface area contributed by atoms with Gasteiger partial charge in [-0.25, -0.2) is 9.78 Å². The zero-order valence-electron chi connectivity index (χ0n) is 17.8. The summed E-state index contributed by atoms with van der Waals surface area (Å²) in [5.74, 6) is 0.261. The van der Waals surface area contributed by atoms with Gasteiger partial charge in [-0.05, 0) is 54.6 Å². The van der Waals surface area contributed by atoms with E-state index in [9.17, 15) is 4.79 Å². The molecule has 0 saturated heterocycles. The van der Waals surface area contributed by atoms with E-state index >= 15 is 0 Å². The first kappa shape index (κ1) is 19.2. The van der Waals surface area contributed by atoms with Crippen molar-refractivity contribution < 1.29 is 8.83 Å². The van der Waals surface area contributed by atoms with Gasteiger partial charge in [0.1, 0.15) is 16.7 Å². The van der Waals surface area contributed by atoms with E-state index in [1.54, 1.807) is 17.8 Å². The number of oxazole rings is 1. The van der Waals surface area contributed by atoms with Gasteiger partial charge in [0.15, 0.2) is 5.58 Å². The molecule has 0 fully saturated rings. The fourth-order valence-electron chi connectivity index (χ4n) is 4.36. The lowest BCUT2D eigenvalue weighted by Crippen LogP contribution is -2.14. The molecule has 162 valence electrons. The van der Waals surface area contributed by atoms with Crippen molar-refractivity contribution in [3.63, 3.8) is 0 Å². The van der Waals surface area contributed by atoms with Gasteiger partial charge in [0, 0.05) is 26.9 Å². The van der Waals surface area contributed by atoms with Crippen LogP contribution in [0.25, 0.3) is 33.5 Å². The Morgan fingerprint density at radius 3 is 2.18 bits per heavy atom. The minimum Gasteiger partial charge on any atom is -0.436 e. The Labute approximate surface area is 198 Å². The first-order chi connectivity index (χ1) is 16.7. The molecule has 2 aromatic heterocycles. The number of hydrogen-bond acceptors (Lipinski definition) is 6. The van der Waals surface area contributed by atoms with Crippen LogP contribution in [0.1, 0.15) is 0 Å². The van der Waals surface area contributed by atoms with E-state index < -0.39 is 5.63 Å². The maximum Gasteiger partial charge on any atom is 0.349 e. The summed E-state index contributed by atoms with van der Waals surface area (Å²) in [6.45, 7) is 0. The molecule has 0 radical (unpaired) electrons. The number of rotatable bonds is 2. The zero-order chi connectivity index (χ0) is 22.6. The van der Waals surface area contributed by atoms with Crippen molar-refractivity contribution in [3.05, 3.63) is 107 Å². The predicted octanol–water partition coefficient (Wildman–Crippen LogP) is 7.54. The van der Waals surface area contributed by atoms with Gasteiger partial charge in [-0.15, -0.1) is 0 Å². The van der Waals surface area contributed by atoms with Crippen molar-refractivity contribution >= 4 is 50.9 Å². The second-order valence-electron chi connectivity index (χ2n) is 8.03. The molecular formula is C28H16N2O3S. The van der Waals surface area contributed by atoms with Gasteiger partial charge < -0.3 is 13.7 Å². The summed E-state index contributed by atoms with van der Waals surface area (Å²) >= 11 is 1.76. The van der Waals surface area contributed by atoms with Crippen LogP contribution in [0.3, 0.4) is 0 Å². The number of anilines is 3. The Kier molecular flexibility index (Phi) is 4.16. The maximum absolute atomic E-state index is 12.9. The molecule has 34 heavy (non-hydrogen) atoms. The summed E-state index contributed by atoms with van der Waals surface area (Å²) in [5.41, 5.74) is 4.78. The van der Waals surface area contributed by atoms with Gasteiger partial charge >= 0.3 is 5.63 Å². The van der Waals surface area contributed by atoms with E-state index in [1.807, 2.05) is 66.7 Å². The highest BCUT2D eigenvalue weighted by molar-refractivity contribution is 7.99. The average molecular weight is 461 g/mol. The third kappa shape index (κ3) is 2.96. The molecule has 5 nitrogen and oxygen atoms in total. The molecule has 0 atom stereocenters. The van der Waals surface area contributed by atoms with Gasteiger partial charge in [-0.3, -0.25) is 0 Å². The second kappa shape index (κ2) is 7.37. The number of aromatic nitrogens is 1. The zero-order valence-corrected chi connectivity index (χ0v) is 18.6. The summed E-state index contributed by atoms with van der Waals surface area (Å²) < 4.78 is 11.6. The summed E-state index contributed by atoms with van der Waals surface area (Å²) in [6.07, 6.45) is 0. The molecule has 0 spiro atoms. The number of hydrogen-bond donors (Lipinski definition) is 0. The van der Waals surface area contributed by atoms with Crippen molar-refractivity contribution in [1.82, 2.24) is 4.98 Å². The Bertz CT molecular complexity index is 1710. The van der Waals surface area contributed by atoms with Crippen LogP contribution in [-0.4, -0.2) is 4.98 Å². The fourth-order valence-corrected chi connectivity index (χ4v) is 5.42. The number of fused-ring (bicyclic) bond motifs is 4. The van der Waals surface area contributed by atoms with Crippen molar-refractivity contribution in [1.29, 1.82) is 0 Å². The largest absolute Gasteiger partial charge is 0.436 e. The Morgan fingerprint density at radius 2 is 1.41 bits per heavy atom. The normalized spacial score (nSPS) is 12.6. The lowest BCUT2D eigenvalue weighted by molar-refractivity contribution is 0.553. The fraction of sp³-hybridized carbons (Fsp3) is 0. The topological polar surface area (TPSA) is 59.5 Å². The van der Waals surface area contributed by atoms with E-state index in [0.717, 1.165) is 22.4 Å². The Morgan fingerprint density at radius 1 is 0.706 bits per heavy atom. The van der Waals surface area contributed by atoms with E-state index in [1.165, 1.54) is 9.79 Å². The van der Waals surface area contributed by atoms with Crippen LogP contribution in [0.4, 0.5) is 17.1 Å². The highest BCUT2D eigenvalue weighted by Gasteiger charge is 2.25. The van der Waals surface area contributed by atoms with Crippen molar-refractivity contribution in [3.8, 4) is 11.5 Å². The van der Waals surface area contributed by atoms with Crippen LogP contribution < -0.4 is 10.5 Å². The van der Waals surface area contributed by atoms with Crippen LogP contribution in [0.5, 0.6) is 0 Å². The second-order valence-corrected chi connectivity index (χ2v) is 9.11. The molecule has 6 heteroatoms. The SMILES string of the molecule is O=c1oc2cc(N3c4ccccc4Sc4ccccc43)ccc2cc1-c1nc2ccccc2o1. The molecule has 1 aliphatic rings. The lowest BCUT2D eigenvalue weighted by atomic mass is 10.1. The molecule has 0 saturated carbocycles. The smallest absolute Gasteiger partial charge is 0.349 e. The molecule has 0 aliphatic carbocycles. The van der Waals surface area contributed by atoms with Crippen LogP contribution in [0, 0.1) is 0 Å². The monoisotopic (exact) mass is 460 g/mol. The van der Waals surface area contributed by atoms with E-state index in [4.69, 9.17) is 8.83 Å². The summed E-state index contributed by atoms with van der Waals surface area (Å²) in [6, 6.07) is 31.8. The predicted molar refractivity (Wildman–Crippen MR) is 134 cm³/mol. The van der Waals surface area contributed by atoms with Gasteiger partial charge in [0.25, 0.3) is 0 Å². The highest BCUT2D eigenvalue weighted by atomic mass is 32.2. The molecule has 7 rings (SSSR count). The molecule has 6 aromatic rings. The number of para-hydroxylation sites is 4. The van der Waals surface area contributed by atoms with Crippen LogP contribution in [0.2, 0.25) is 0 Å². The van der Waals surface area contributed by atoms with Gasteiger partial charge in [0.2, 0.25) is 5.89 Å². The summed E-state index contributed by atoms with van der Waals surface area (Å²) in [5, 5.41) is 0.800. The molecule has 0 unspecified atom stereocenters. The van der Waals surface area contributed by atoms with Crippen molar-refractivity contribution in [2.45, 2.75) is 9.79 Å². The van der Waals surface area contributed by atoms with E-state index in [2.05, 4.69) is 34.1 Å². The Hall–Kier alpha value is -4.29. The van der Waals surface area contributed by atoms with Gasteiger partial charge in [-0.2, -0.15) is 0 Å². The molecule has 0 bridgehead atoms. The first-order valence-electron chi connectivity index (χ1n) is 10.8. The Balaban J connectivity index is 1.38. The van der Waals surface area contributed by atoms with E-state index in [-0.39, 0.29) is 5.89 Å². The minimum absolute atomic E-state index is 0.261. The minimum atomic E-state index is -0.480. The molecular weight excluding hydrogens is 444 g/mol.